The lowest BCUT2D eigenvalue weighted by molar-refractivity contribution is -0.121. The van der Waals surface area contributed by atoms with Crippen LogP contribution in [0, 0.1) is 0 Å². The molecule has 31 heavy (non-hydrogen) atoms. The monoisotopic (exact) mass is 446 g/mol. The van der Waals surface area contributed by atoms with Crippen LogP contribution in [0.5, 0.6) is 11.5 Å². The number of ether oxygens (including phenoxy) is 2. The van der Waals surface area contributed by atoms with E-state index in [-0.39, 0.29) is 18.1 Å². The molecule has 3 rings (SSSR count). The molecule has 0 radical (unpaired) electrons. The average molecular weight is 446 g/mol. The van der Waals surface area contributed by atoms with Crippen molar-refractivity contribution in [2.45, 2.75) is 12.2 Å². The van der Waals surface area contributed by atoms with Crippen molar-refractivity contribution >= 4 is 38.8 Å². The van der Waals surface area contributed by atoms with Crippen LogP contribution in [0.4, 0.5) is 11.4 Å². The number of rotatable bonds is 7. The highest BCUT2D eigenvalue weighted by atomic mass is 32.2. The minimum Gasteiger partial charge on any atom is -0.497 e. The van der Waals surface area contributed by atoms with Gasteiger partial charge in [-0.3, -0.25) is 14.4 Å². The molecular formula is C21H22N2O7S. The van der Waals surface area contributed by atoms with Crippen LogP contribution >= 0.6 is 0 Å². The molecule has 10 heteroatoms. The molecule has 1 atom stereocenters. The van der Waals surface area contributed by atoms with Gasteiger partial charge in [0.2, 0.25) is 5.91 Å². The number of benzene rings is 2. The fraction of sp³-hybridized carbons (Fsp3) is 0.286. The van der Waals surface area contributed by atoms with E-state index in [1.807, 2.05) is 0 Å². The fourth-order valence-corrected chi connectivity index (χ4v) is 4.15. The Morgan fingerprint density at radius 1 is 1.19 bits per heavy atom. The highest BCUT2D eigenvalue weighted by molar-refractivity contribution is 7.93. The molecule has 0 aromatic heterocycles. The Morgan fingerprint density at radius 2 is 1.87 bits per heavy atom. The summed E-state index contributed by atoms with van der Waals surface area (Å²) < 4.78 is 35.7. The second-order valence-corrected chi connectivity index (χ2v) is 9.34. The van der Waals surface area contributed by atoms with Gasteiger partial charge in [-0.25, -0.2) is 8.42 Å². The first-order chi connectivity index (χ1) is 14.6. The second kappa shape index (κ2) is 8.76. The number of nitrogens with one attached hydrogen (secondary N) is 1. The zero-order valence-corrected chi connectivity index (χ0v) is 18.1. The number of likely N-dealkylation sites (N-methyl/N-ethyl adjacent to an activating group) is 1. The summed E-state index contributed by atoms with van der Waals surface area (Å²) in [5.74, 6) is -1.55. The highest BCUT2D eigenvalue weighted by Crippen LogP contribution is 2.32. The van der Waals surface area contributed by atoms with Crippen molar-refractivity contribution in [3.8, 4) is 11.5 Å². The number of carbonyl (C=O) groups excluding carboxylic acids is 3. The number of anilines is 2. The van der Waals surface area contributed by atoms with E-state index in [2.05, 4.69) is 5.32 Å². The number of Topliss-reactive ketones (excluding diaryl/α,β-unsaturated/α-hetero) is 1. The lowest BCUT2D eigenvalue weighted by Crippen LogP contribution is -2.36. The summed E-state index contributed by atoms with van der Waals surface area (Å²) in [6.45, 7) is 1.13. The summed E-state index contributed by atoms with van der Waals surface area (Å²) in [4.78, 5) is 38.2. The molecule has 0 aliphatic carbocycles. The molecule has 1 unspecified atom stereocenters. The van der Waals surface area contributed by atoms with Crippen LogP contribution in [-0.4, -0.2) is 57.8 Å². The van der Waals surface area contributed by atoms with Crippen LogP contribution < -0.4 is 19.7 Å². The van der Waals surface area contributed by atoms with E-state index in [1.54, 1.807) is 31.3 Å². The molecule has 1 aliphatic heterocycles. The van der Waals surface area contributed by atoms with Crippen LogP contribution in [0.15, 0.2) is 42.5 Å². The first-order valence-electron chi connectivity index (χ1n) is 9.35. The molecule has 2 amide bonds. The van der Waals surface area contributed by atoms with E-state index < -0.39 is 32.5 Å². The maximum atomic E-state index is 12.8. The number of sulfone groups is 1. The van der Waals surface area contributed by atoms with Crippen molar-refractivity contribution in [3.63, 3.8) is 0 Å². The van der Waals surface area contributed by atoms with Crippen LogP contribution in [-0.2, 0) is 19.4 Å². The third kappa shape index (κ3) is 4.85. The first kappa shape index (κ1) is 22.3. The van der Waals surface area contributed by atoms with Gasteiger partial charge in [0.1, 0.15) is 22.5 Å². The average Bonchev–Trinajstić information content (AvgIpc) is 2.75. The molecule has 2 aromatic carbocycles. The van der Waals surface area contributed by atoms with Gasteiger partial charge in [-0.05, 0) is 49.4 Å². The first-order valence-corrected chi connectivity index (χ1v) is 11.1. The molecule has 9 nitrogen and oxygen atoms in total. The summed E-state index contributed by atoms with van der Waals surface area (Å²) in [6.07, 6.45) is 0. The second-order valence-electron chi connectivity index (χ2n) is 7.01. The predicted octanol–water partition coefficient (Wildman–Crippen LogP) is 1.68. The molecule has 1 aliphatic rings. The molecule has 2 aromatic rings. The number of ketones is 1. The fourth-order valence-electron chi connectivity index (χ4n) is 3.00. The number of amides is 2. The van der Waals surface area contributed by atoms with Gasteiger partial charge in [0, 0.05) is 18.3 Å². The van der Waals surface area contributed by atoms with Crippen molar-refractivity contribution in [2.24, 2.45) is 0 Å². The molecule has 164 valence electrons. The maximum Gasteiger partial charge on any atom is 0.264 e. The van der Waals surface area contributed by atoms with Gasteiger partial charge in [0.25, 0.3) is 5.91 Å². The third-order valence-corrected chi connectivity index (χ3v) is 6.90. The summed E-state index contributed by atoms with van der Waals surface area (Å²) >= 11 is 0. The smallest absolute Gasteiger partial charge is 0.264 e. The SMILES string of the molecule is COc1ccc(NC(=O)CS(=O)(=O)C(C)C(=O)c2ccc3c(c2)N(C)C(=O)CO3)cc1. The van der Waals surface area contributed by atoms with Gasteiger partial charge >= 0.3 is 0 Å². The number of hydrogen-bond acceptors (Lipinski definition) is 7. The Morgan fingerprint density at radius 3 is 2.52 bits per heavy atom. The molecule has 1 heterocycles. The van der Waals surface area contributed by atoms with Gasteiger partial charge < -0.3 is 19.7 Å². The standard InChI is InChI=1S/C21H22N2O7S/c1-13(21(26)14-4-9-18-17(10-14)23(2)20(25)11-30-18)31(27,28)12-19(24)22-15-5-7-16(29-3)8-6-15/h4-10,13H,11-12H2,1-3H3,(H,22,24). The van der Waals surface area contributed by atoms with Crippen molar-refractivity contribution < 1.29 is 32.3 Å². The van der Waals surface area contributed by atoms with Gasteiger partial charge in [-0.15, -0.1) is 0 Å². The Kier molecular flexibility index (Phi) is 6.30. The summed E-state index contributed by atoms with van der Waals surface area (Å²) in [5, 5.41) is 1.04. The molecule has 0 spiro atoms. The molecule has 1 N–H and O–H groups in total. The van der Waals surface area contributed by atoms with Gasteiger partial charge in [-0.1, -0.05) is 0 Å². The lowest BCUT2D eigenvalue weighted by atomic mass is 10.1. The minimum absolute atomic E-state index is 0.106. The van der Waals surface area contributed by atoms with Gasteiger partial charge in [0.15, 0.2) is 22.2 Å². The largest absolute Gasteiger partial charge is 0.497 e. The maximum absolute atomic E-state index is 12.8. The van der Waals surface area contributed by atoms with E-state index in [4.69, 9.17) is 9.47 Å². The predicted molar refractivity (Wildman–Crippen MR) is 115 cm³/mol. The number of methoxy groups -OCH3 is 1. The highest BCUT2D eigenvalue weighted by Gasteiger charge is 2.32. The summed E-state index contributed by atoms with van der Waals surface area (Å²) in [7, 11) is -1.04. The molecule has 0 fully saturated rings. The van der Waals surface area contributed by atoms with E-state index >= 15 is 0 Å². The van der Waals surface area contributed by atoms with Crippen LogP contribution in [0.25, 0.3) is 0 Å². The molecule has 0 bridgehead atoms. The van der Waals surface area contributed by atoms with Gasteiger partial charge in [0.05, 0.1) is 12.8 Å². The summed E-state index contributed by atoms with van der Waals surface area (Å²) in [5.41, 5.74) is 0.891. The van der Waals surface area contributed by atoms with E-state index in [9.17, 15) is 22.8 Å². The third-order valence-electron chi connectivity index (χ3n) is 4.94. The number of nitrogens with zero attached hydrogens (tertiary/aromatic N) is 1. The Hall–Kier alpha value is -3.40. The molecular weight excluding hydrogens is 424 g/mol. The summed E-state index contributed by atoms with van der Waals surface area (Å²) in [6, 6.07) is 10.8. The minimum atomic E-state index is -4.08. The molecule has 0 saturated heterocycles. The van der Waals surface area contributed by atoms with E-state index in [0.29, 0.717) is 22.9 Å². The normalized spacial score (nSPS) is 14.3. The number of carbonyl (C=O) groups is 3. The van der Waals surface area contributed by atoms with Crippen molar-refractivity contribution in [1.82, 2.24) is 0 Å². The van der Waals surface area contributed by atoms with Crippen LogP contribution in [0.1, 0.15) is 17.3 Å². The Labute approximate surface area is 179 Å². The topological polar surface area (TPSA) is 119 Å². The Bertz CT molecular complexity index is 1130. The van der Waals surface area contributed by atoms with Crippen molar-refractivity contribution in [3.05, 3.63) is 48.0 Å². The van der Waals surface area contributed by atoms with Crippen molar-refractivity contribution in [2.75, 3.05) is 36.7 Å². The zero-order valence-electron chi connectivity index (χ0n) is 17.2. The number of hydrogen-bond donors (Lipinski definition) is 1. The molecule has 0 saturated carbocycles. The van der Waals surface area contributed by atoms with Crippen molar-refractivity contribution in [1.29, 1.82) is 0 Å². The quantitative estimate of drug-likeness (QED) is 0.643. The Balaban J connectivity index is 1.71. The van der Waals surface area contributed by atoms with Gasteiger partial charge in [-0.2, -0.15) is 0 Å². The van der Waals surface area contributed by atoms with Crippen LogP contribution in [0.3, 0.4) is 0 Å². The van der Waals surface area contributed by atoms with E-state index in [0.717, 1.165) is 0 Å². The lowest BCUT2D eigenvalue weighted by Gasteiger charge is -2.26. The van der Waals surface area contributed by atoms with E-state index in [1.165, 1.54) is 37.1 Å². The number of fused-ring (bicyclic) bond motifs is 1. The van der Waals surface area contributed by atoms with Crippen LogP contribution in [0.2, 0.25) is 0 Å². The zero-order chi connectivity index (χ0) is 22.8.